The van der Waals surface area contributed by atoms with Crippen molar-refractivity contribution >= 4 is 5.69 Å². The summed E-state index contributed by atoms with van der Waals surface area (Å²) in [6.45, 7) is 0. The number of rotatable bonds is 3. The van der Waals surface area contributed by atoms with Gasteiger partial charge in [0.05, 0.1) is 0 Å². The minimum absolute atomic E-state index is 0.131. The van der Waals surface area contributed by atoms with E-state index in [4.69, 9.17) is 5.73 Å². The quantitative estimate of drug-likeness (QED) is 0.880. The summed E-state index contributed by atoms with van der Waals surface area (Å²) in [5, 5.41) is 10.1. The van der Waals surface area contributed by atoms with Gasteiger partial charge in [-0.15, -0.1) is 0 Å². The molecule has 0 aliphatic heterocycles. The first kappa shape index (κ1) is 12.4. The van der Waals surface area contributed by atoms with Crippen LogP contribution < -0.4 is 5.73 Å². The Labute approximate surface area is 103 Å². The normalized spacial score (nSPS) is 12.7. The maximum Gasteiger partial charge on any atom is 0.263 e. The maximum atomic E-state index is 12.6. The van der Waals surface area contributed by atoms with Gasteiger partial charge in [-0.25, -0.2) is 8.78 Å². The van der Waals surface area contributed by atoms with Crippen LogP contribution in [0.15, 0.2) is 42.7 Å². The second kappa shape index (κ2) is 5.10. The number of alkyl halides is 2. The zero-order valence-corrected chi connectivity index (χ0v) is 9.42. The molecule has 2 rings (SSSR count). The number of anilines is 1. The van der Waals surface area contributed by atoms with Crippen molar-refractivity contribution < 1.29 is 13.9 Å². The smallest absolute Gasteiger partial charge is 0.263 e. The Morgan fingerprint density at radius 3 is 2.56 bits per heavy atom. The number of halogens is 2. The highest BCUT2D eigenvalue weighted by Crippen LogP contribution is 2.28. The van der Waals surface area contributed by atoms with E-state index in [2.05, 4.69) is 4.98 Å². The molecule has 3 nitrogen and oxygen atoms in total. The van der Waals surface area contributed by atoms with E-state index in [1.165, 1.54) is 30.6 Å². The number of hydrogen-bond acceptors (Lipinski definition) is 3. The molecule has 0 fully saturated rings. The molecule has 1 heterocycles. The van der Waals surface area contributed by atoms with Crippen LogP contribution >= 0.6 is 0 Å². The number of hydrogen-bond donors (Lipinski definition) is 2. The average Bonchev–Trinajstić information content (AvgIpc) is 2.38. The second-order valence-corrected chi connectivity index (χ2v) is 3.88. The maximum absolute atomic E-state index is 12.6. The van der Waals surface area contributed by atoms with E-state index in [0.29, 0.717) is 16.8 Å². The fraction of sp³-hybridized carbons (Fsp3) is 0.154. The van der Waals surface area contributed by atoms with Crippen LogP contribution in [-0.4, -0.2) is 10.1 Å². The van der Waals surface area contributed by atoms with Gasteiger partial charge in [0.1, 0.15) is 6.10 Å². The van der Waals surface area contributed by atoms with Crippen molar-refractivity contribution in [3.63, 3.8) is 0 Å². The standard InChI is InChI=1S/C13H12F2N2O/c14-13(15)9-3-1-2-8(6-9)12(18)10-7-17-5-4-11(10)16/h1-7,12-13,18H,(H2,16,17). The molecule has 2 aromatic rings. The first-order valence-corrected chi connectivity index (χ1v) is 5.35. The summed E-state index contributed by atoms with van der Waals surface area (Å²) in [6.07, 6.45) is -0.697. The molecule has 0 saturated heterocycles. The van der Waals surface area contributed by atoms with Crippen molar-refractivity contribution in [2.75, 3.05) is 5.73 Å². The Bertz CT molecular complexity index is 546. The largest absolute Gasteiger partial charge is 0.398 e. The predicted molar refractivity (Wildman–Crippen MR) is 64.1 cm³/mol. The third kappa shape index (κ3) is 2.46. The van der Waals surface area contributed by atoms with Gasteiger partial charge in [0.15, 0.2) is 0 Å². The van der Waals surface area contributed by atoms with Gasteiger partial charge < -0.3 is 10.8 Å². The molecule has 0 saturated carbocycles. The molecule has 0 aliphatic rings. The Balaban J connectivity index is 2.37. The predicted octanol–water partition coefficient (Wildman–Crippen LogP) is 2.68. The molecule has 0 radical (unpaired) electrons. The minimum atomic E-state index is -2.57. The molecule has 1 aromatic heterocycles. The third-order valence-electron chi connectivity index (χ3n) is 2.66. The third-order valence-corrected chi connectivity index (χ3v) is 2.66. The van der Waals surface area contributed by atoms with Crippen LogP contribution in [0.25, 0.3) is 0 Å². The zero-order chi connectivity index (χ0) is 13.1. The zero-order valence-electron chi connectivity index (χ0n) is 9.42. The number of nitrogen functional groups attached to an aromatic ring is 1. The molecule has 3 N–H and O–H groups in total. The molecule has 1 unspecified atom stereocenters. The van der Waals surface area contributed by atoms with Gasteiger partial charge in [-0.2, -0.15) is 0 Å². The van der Waals surface area contributed by atoms with Crippen molar-refractivity contribution in [3.05, 3.63) is 59.4 Å². The number of nitrogens with zero attached hydrogens (tertiary/aromatic N) is 1. The molecule has 18 heavy (non-hydrogen) atoms. The summed E-state index contributed by atoms with van der Waals surface area (Å²) in [5.74, 6) is 0. The van der Waals surface area contributed by atoms with E-state index in [1.807, 2.05) is 0 Å². The second-order valence-electron chi connectivity index (χ2n) is 3.88. The van der Waals surface area contributed by atoms with Crippen LogP contribution in [0.2, 0.25) is 0 Å². The van der Waals surface area contributed by atoms with E-state index in [0.717, 1.165) is 0 Å². The lowest BCUT2D eigenvalue weighted by atomic mass is 10.00. The molecular weight excluding hydrogens is 238 g/mol. The van der Waals surface area contributed by atoms with E-state index in [9.17, 15) is 13.9 Å². The highest BCUT2D eigenvalue weighted by Gasteiger charge is 2.15. The molecule has 94 valence electrons. The highest BCUT2D eigenvalue weighted by molar-refractivity contribution is 5.48. The Hall–Kier alpha value is -2.01. The Morgan fingerprint density at radius 2 is 1.89 bits per heavy atom. The summed E-state index contributed by atoms with van der Waals surface area (Å²) in [7, 11) is 0. The minimum Gasteiger partial charge on any atom is -0.398 e. The lowest BCUT2D eigenvalue weighted by Gasteiger charge is -2.14. The van der Waals surface area contributed by atoms with Gasteiger partial charge in [0, 0.05) is 29.2 Å². The van der Waals surface area contributed by atoms with Crippen LogP contribution in [0.5, 0.6) is 0 Å². The highest BCUT2D eigenvalue weighted by atomic mass is 19.3. The van der Waals surface area contributed by atoms with Gasteiger partial charge in [0.25, 0.3) is 6.43 Å². The van der Waals surface area contributed by atoms with Crippen molar-refractivity contribution in [1.82, 2.24) is 4.98 Å². The summed E-state index contributed by atoms with van der Waals surface area (Å²) in [6, 6.07) is 7.18. The SMILES string of the molecule is Nc1ccncc1C(O)c1cccc(C(F)F)c1. The van der Waals surface area contributed by atoms with Crippen molar-refractivity contribution in [2.24, 2.45) is 0 Å². The van der Waals surface area contributed by atoms with E-state index in [1.54, 1.807) is 12.1 Å². The van der Waals surface area contributed by atoms with Gasteiger partial charge in [-0.1, -0.05) is 18.2 Å². The Morgan fingerprint density at radius 1 is 1.17 bits per heavy atom. The fourth-order valence-corrected chi connectivity index (χ4v) is 1.69. The van der Waals surface area contributed by atoms with Crippen molar-refractivity contribution in [2.45, 2.75) is 12.5 Å². The summed E-state index contributed by atoms with van der Waals surface area (Å²) in [4.78, 5) is 3.86. The molecule has 0 bridgehead atoms. The number of pyridine rings is 1. The monoisotopic (exact) mass is 250 g/mol. The molecule has 1 atom stereocenters. The number of aromatic nitrogens is 1. The first-order valence-electron chi connectivity index (χ1n) is 5.35. The number of nitrogens with two attached hydrogens (primary N) is 1. The molecule has 0 amide bonds. The lowest BCUT2D eigenvalue weighted by molar-refractivity contribution is 0.150. The average molecular weight is 250 g/mol. The van der Waals surface area contributed by atoms with Crippen LogP contribution in [0.1, 0.15) is 29.2 Å². The molecule has 0 spiro atoms. The number of benzene rings is 1. The van der Waals surface area contributed by atoms with Gasteiger partial charge >= 0.3 is 0 Å². The Kier molecular flexibility index (Phi) is 3.53. The molecule has 0 aliphatic carbocycles. The van der Waals surface area contributed by atoms with Gasteiger partial charge in [-0.3, -0.25) is 4.98 Å². The van der Waals surface area contributed by atoms with Gasteiger partial charge in [0.2, 0.25) is 0 Å². The van der Waals surface area contributed by atoms with Crippen molar-refractivity contribution in [3.8, 4) is 0 Å². The first-order chi connectivity index (χ1) is 8.59. The number of aliphatic hydroxyl groups excluding tert-OH is 1. The van der Waals surface area contributed by atoms with Crippen molar-refractivity contribution in [1.29, 1.82) is 0 Å². The summed E-state index contributed by atoms with van der Waals surface area (Å²) in [5.41, 5.74) is 6.73. The lowest BCUT2D eigenvalue weighted by Crippen LogP contribution is -2.04. The van der Waals surface area contributed by atoms with Crippen LogP contribution in [0.3, 0.4) is 0 Å². The van der Waals surface area contributed by atoms with E-state index >= 15 is 0 Å². The number of aliphatic hydroxyl groups is 1. The van der Waals surface area contributed by atoms with E-state index < -0.39 is 12.5 Å². The fourth-order valence-electron chi connectivity index (χ4n) is 1.69. The van der Waals surface area contributed by atoms with E-state index in [-0.39, 0.29) is 5.56 Å². The molecule has 5 heteroatoms. The van der Waals surface area contributed by atoms with Gasteiger partial charge in [-0.05, 0) is 17.7 Å². The summed E-state index contributed by atoms with van der Waals surface area (Å²) < 4.78 is 25.1. The van der Waals surface area contributed by atoms with Crippen LogP contribution in [-0.2, 0) is 0 Å². The summed E-state index contributed by atoms with van der Waals surface area (Å²) >= 11 is 0. The topological polar surface area (TPSA) is 59.1 Å². The van der Waals surface area contributed by atoms with Crippen LogP contribution in [0, 0.1) is 0 Å². The molecule has 1 aromatic carbocycles. The molecular formula is C13H12F2N2O. The van der Waals surface area contributed by atoms with Crippen LogP contribution in [0.4, 0.5) is 14.5 Å².